The van der Waals surface area contributed by atoms with Crippen molar-refractivity contribution in [2.24, 2.45) is 0 Å². The van der Waals surface area contributed by atoms with Crippen LogP contribution in [-0.4, -0.2) is 0 Å². The molecule has 0 aliphatic heterocycles. The summed E-state index contributed by atoms with van der Waals surface area (Å²) in [5.74, 6) is 0.911. The van der Waals surface area contributed by atoms with Crippen molar-refractivity contribution in [3.05, 3.63) is 61.3 Å². The molecule has 1 atom stereocenters. The van der Waals surface area contributed by atoms with Crippen LogP contribution < -0.4 is 5.32 Å². The molecular weight excluding hydrogens is 464 g/mol. The highest BCUT2D eigenvalue weighted by Gasteiger charge is 2.13. The van der Waals surface area contributed by atoms with E-state index in [1.807, 2.05) is 30.3 Å². The van der Waals surface area contributed by atoms with Gasteiger partial charge >= 0.3 is 0 Å². The first-order chi connectivity index (χ1) is 10.0. The molecule has 2 nitrogen and oxygen atoms in total. The van der Waals surface area contributed by atoms with E-state index in [2.05, 4.69) is 62.9 Å². The summed E-state index contributed by atoms with van der Waals surface area (Å²) in [6.07, 6.45) is 0. The van der Waals surface area contributed by atoms with Crippen molar-refractivity contribution in [2.45, 2.75) is 13.0 Å². The molecule has 0 saturated heterocycles. The van der Waals surface area contributed by atoms with Crippen molar-refractivity contribution in [1.82, 2.24) is 0 Å². The highest BCUT2D eigenvalue weighted by Crippen LogP contribution is 2.30. The Morgan fingerprint density at radius 2 is 2.00 bits per heavy atom. The minimum absolute atomic E-state index is 0.0749. The molecule has 0 radical (unpaired) electrons. The molecule has 0 aliphatic carbocycles. The Kier molecular flexibility index (Phi) is 4.47. The Morgan fingerprint density at radius 1 is 1.19 bits per heavy atom. The first-order valence-electron chi connectivity index (χ1n) is 6.43. The predicted octanol–water partition coefficient (Wildman–Crippen LogP) is 6.63. The zero-order valence-corrected chi connectivity index (χ0v) is 15.7. The van der Waals surface area contributed by atoms with Crippen molar-refractivity contribution < 1.29 is 4.42 Å². The van der Waals surface area contributed by atoms with E-state index in [1.54, 1.807) is 0 Å². The number of benzene rings is 2. The Labute approximate surface area is 150 Å². The van der Waals surface area contributed by atoms with Gasteiger partial charge in [-0.1, -0.05) is 27.5 Å². The number of hydrogen-bond donors (Lipinski definition) is 1. The topological polar surface area (TPSA) is 25.2 Å². The molecule has 0 bridgehead atoms. The maximum absolute atomic E-state index is 5.98. The number of rotatable bonds is 3. The van der Waals surface area contributed by atoms with Gasteiger partial charge in [0.15, 0.2) is 0 Å². The SMILES string of the molecule is CC(Nc1ccc(Cl)cc1I)c1cc2cc(Br)ccc2o1. The van der Waals surface area contributed by atoms with Gasteiger partial charge in [0.25, 0.3) is 0 Å². The largest absolute Gasteiger partial charge is 0.459 e. The third-order valence-corrected chi connectivity index (χ3v) is 4.85. The summed E-state index contributed by atoms with van der Waals surface area (Å²) in [5, 5.41) is 5.30. The van der Waals surface area contributed by atoms with Crippen molar-refractivity contribution in [1.29, 1.82) is 0 Å². The Hall–Kier alpha value is -0.720. The fourth-order valence-electron chi connectivity index (χ4n) is 2.16. The van der Waals surface area contributed by atoms with Crippen molar-refractivity contribution >= 4 is 66.8 Å². The summed E-state index contributed by atoms with van der Waals surface area (Å²) in [6, 6.07) is 14.0. The summed E-state index contributed by atoms with van der Waals surface area (Å²) >= 11 is 11.7. The maximum Gasteiger partial charge on any atom is 0.134 e. The molecule has 1 heterocycles. The second-order valence-corrected chi connectivity index (χ2v) is 7.34. The van der Waals surface area contributed by atoms with E-state index in [1.165, 1.54) is 0 Å². The van der Waals surface area contributed by atoms with Gasteiger partial charge in [0.2, 0.25) is 0 Å². The molecule has 108 valence electrons. The lowest BCUT2D eigenvalue weighted by molar-refractivity contribution is 0.526. The molecule has 0 spiro atoms. The minimum Gasteiger partial charge on any atom is -0.459 e. The van der Waals surface area contributed by atoms with Crippen LogP contribution in [0.15, 0.2) is 51.4 Å². The van der Waals surface area contributed by atoms with E-state index in [-0.39, 0.29) is 6.04 Å². The quantitative estimate of drug-likeness (QED) is 0.430. The molecule has 1 aromatic heterocycles. The smallest absolute Gasteiger partial charge is 0.134 e. The van der Waals surface area contributed by atoms with Gasteiger partial charge in [0.05, 0.1) is 6.04 Å². The van der Waals surface area contributed by atoms with Crippen molar-refractivity contribution in [2.75, 3.05) is 5.32 Å². The maximum atomic E-state index is 5.98. The van der Waals surface area contributed by atoms with Crippen LogP contribution >= 0.6 is 50.1 Å². The molecule has 1 unspecified atom stereocenters. The summed E-state index contributed by atoms with van der Waals surface area (Å²) in [7, 11) is 0. The Morgan fingerprint density at radius 3 is 2.76 bits per heavy atom. The third-order valence-electron chi connectivity index (χ3n) is 3.23. The lowest BCUT2D eigenvalue weighted by Crippen LogP contribution is -2.06. The van der Waals surface area contributed by atoms with Crippen LogP contribution in [-0.2, 0) is 0 Å². The summed E-state index contributed by atoms with van der Waals surface area (Å²) in [6.45, 7) is 2.08. The van der Waals surface area contributed by atoms with Gasteiger partial charge in [0, 0.05) is 24.1 Å². The van der Waals surface area contributed by atoms with Crippen LogP contribution in [0.1, 0.15) is 18.7 Å². The molecule has 5 heteroatoms. The van der Waals surface area contributed by atoms with Crippen LogP contribution in [0.25, 0.3) is 11.0 Å². The van der Waals surface area contributed by atoms with Gasteiger partial charge in [-0.05, 0) is 72.0 Å². The fraction of sp³-hybridized carbons (Fsp3) is 0.125. The number of fused-ring (bicyclic) bond motifs is 1. The Bertz CT molecular complexity index is 802. The summed E-state index contributed by atoms with van der Waals surface area (Å²) < 4.78 is 8.05. The van der Waals surface area contributed by atoms with Gasteiger partial charge in [-0.15, -0.1) is 0 Å². The van der Waals surface area contributed by atoms with E-state index < -0.39 is 0 Å². The number of nitrogens with one attached hydrogen (secondary N) is 1. The van der Waals surface area contributed by atoms with Crippen LogP contribution in [0.2, 0.25) is 5.02 Å². The molecule has 3 rings (SSSR count). The molecule has 0 amide bonds. The average molecular weight is 477 g/mol. The van der Waals surface area contributed by atoms with Gasteiger partial charge in [-0.3, -0.25) is 0 Å². The van der Waals surface area contributed by atoms with Gasteiger partial charge in [-0.2, -0.15) is 0 Å². The third kappa shape index (κ3) is 3.38. The number of furan rings is 1. The van der Waals surface area contributed by atoms with Crippen molar-refractivity contribution in [3.63, 3.8) is 0 Å². The van der Waals surface area contributed by atoms with E-state index in [0.29, 0.717) is 0 Å². The number of anilines is 1. The summed E-state index contributed by atoms with van der Waals surface area (Å²) in [5.41, 5.74) is 1.95. The molecule has 1 N–H and O–H groups in total. The van der Waals surface area contributed by atoms with E-state index in [0.717, 1.165) is 35.5 Å². The van der Waals surface area contributed by atoms with E-state index in [9.17, 15) is 0 Å². The average Bonchev–Trinajstić information content (AvgIpc) is 2.85. The molecular formula is C16H12BrClINO. The molecule has 3 aromatic rings. The first-order valence-corrected chi connectivity index (χ1v) is 8.68. The number of halogens is 3. The predicted molar refractivity (Wildman–Crippen MR) is 100 cm³/mol. The van der Waals surface area contributed by atoms with Crippen LogP contribution in [0.3, 0.4) is 0 Å². The van der Waals surface area contributed by atoms with Crippen LogP contribution in [0.5, 0.6) is 0 Å². The van der Waals surface area contributed by atoms with Gasteiger partial charge in [-0.25, -0.2) is 0 Å². The van der Waals surface area contributed by atoms with Crippen molar-refractivity contribution in [3.8, 4) is 0 Å². The standard InChI is InChI=1S/C16H12BrClINO/c1-9(20-14-4-3-12(18)8-13(14)19)16-7-10-6-11(17)2-5-15(10)21-16/h2-9,20H,1H3. The highest BCUT2D eigenvalue weighted by molar-refractivity contribution is 14.1. The normalized spacial score (nSPS) is 12.6. The molecule has 0 saturated carbocycles. The Balaban J connectivity index is 1.87. The van der Waals surface area contributed by atoms with Crippen LogP contribution in [0.4, 0.5) is 5.69 Å². The second-order valence-electron chi connectivity index (χ2n) is 4.82. The second kappa shape index (κ2) is 6.18. The fourth-order valence-corrected chi connectivity index (χ4v) is 3.57. The van der Waals surface area contributed by atoms with Gasteiger partial charge < -0.3 is 9.73 Å². The highest BCUT2D eigenvalue weighted by atomic mass is 127. The minimum atomic E-state index is 0.0749. The van der Waals surface area contributed by atoms with Gasteiger partial charge in [0.1, 0.15) is 11.3 Å². The number of hydrogen-bond acceptors (Lipinski definition) is 2. The zero-order valence-electron chi connectivity index (χ0n) is 11.2. The van der Waals surface area contributed by atoms with Crippen LogP contribution in [0, 0.1) is 3.57 Å². The van der Waals surface area contributed by atoms with E-state index >= 15 is 0 Å². The molecule has 0 aliphatic rings. The zero-order chi connectivity index (χ0) is 15.0. The molecule has 2 aromatic carbocycles. The lowest BCUT2D eigenvalue weighted by Gasteiger charge is -2.14. The first kappa shape index (κ1) is 15.2. The molecule has 21 heavy (non-hydrogen) atoms. The molecule has 0 fully saturated rings. The lowest BCUT2D eigenvalue weighted by atomic mass is 10.2. The monoisotopic (exact) mass is 475 g/mol. The van der Waals surface area contributed by atoms with E-state index in [4.69, 9.17) is 16.0 Å². The summed E-state index contributed by atoms with van der Waals surface area (Å²) in [4.78, 5) is 0.